The van der Waals surface area contributed by atoms with Crippen LogP contribution in [0.1, 0.15) is 10.4 Å². The van der Waals surface area contributed by atoms with Gasteiger partial charge in [0.15, 0.2) is 11.5 Å². The summed E-state index contributed by atoms with van der Waals surface area (Å²) in [6.07, 6.45) is 0.645. The van der Waals surface area contributed by atoms with E-state index < -0.39 is 5.51 Å². The molecule has 0 saturated heterocycles. The van der Waals surface area contributed by atoms with Gasteiger partial charge < -0.3 is 9.47 Å². The van der Waals surface area contributed by atoms with Crippen molar-refractivity contribution in [3.05, 3.63) is 23.8 Å². The largest absolute Gasteiger partial charge is 0.493 e. The molecular weight excluding hydrogens is 269 g/mol. The molecule has 0 aliphatic carbocycles. The highest BCUT2D eigenvalue weighted by Crippen LogP contribution is 2.31. The SMILES string of the molecule is COc1cc(C=O)ccc1OCCSC(F)(F)F. The normalized spacial score (nSPS) is 11.1. The molecule has 0 fully saturated rings. The predicted octanol–water partition coefficient (Wildman–Crippen LogP) is 3.14. The Labute approximate surface area is 106 Å². The minimum atomic E-state index is -4.26. The fourth-order valence-electron chi connectivity index (χ4n) is 1.19. The lowest BCUT2D eigenvalue weighted by molar-refractivity contribution is -0.0329. The molecule has 0 amide bonds. The van der Waals surface area contributed by atoms with Crippen LogP contribution in [0.5, 0.6) is 11.5 Å². The highest BCUT2D eigenvalue weighted by atomic mass is 32.2. The number of hydrogen-bond donors (Lipinski definition) is 0. The van der Waals surface area contributed by atoms with Gasteiger partial charge in [0.2, 0.25) is 0 Å². The Morgan fingerprint density at radius 2 is 2.06 bits per heavy atom. The number of carbonyl (C=O) groups is 1. The first kappa shape index (κ1) is 14.7. The lowest BCUT2D eigenvalue weighted by atomic mass is 10.2. The zero-order valence-electron chi connectivity index (χ0n) is 9.49. The second-order valence-electron chi connectivity index (χ2n) is 3.17. The zero-order chi connectivity index (χ0) is 13.6. The highest BCUT2D eigenvalue weighted by molar-refractivity contribution is 8.00. The maximum atomic E-state index is 11.9. The molecule has 0 heterocycles. The third kappa shape index (κ3) is 4.87. The molecule has 0 saturated carbocycles. The van der Waals surface area contributed by atoms with Crippen LogP contribution in [0.25, 0.3) is 0 Å². The van der Waals surface area contributed by atoms with Gasteiger partial charge in [0.1, 0.15) is 6.29 Å². The van der Waals surface area contributed by atoms with Crippen molar-refractivity contribution in [2.24, 2.45) is 0 Å². The van der Waals surface area contributed by atoms with E-state index in [9.17, 15) is 18.0 Å². The number of carbonyl (C=O) groups excluding carboxylic acids is 1. The van der Waals surface area contributed by atoms with Gasteiger partial charge in [-0.25, -0.2) is 0 Å². The number of aldehydes is 1. The number of halogens is 3. The molecule has 0 radical (unpaired) electrons. The first-order valence-corrected chi connectivity index (χ1v) is 5.91. The van der Waals surface area contributed by atoms with E-state index in [1.807, 2.05) is 0 Å². The summed E-state index contributed by atoms with van der Waals surface area (Å²) in [5.41, 5.74) is -3.85. The summed E-state index contributed by atoms with van der Waals surface area (Å²) in [4.78, 5) is 10.5. The zero-order valence-corrected chi connectivity index (χ0v) is 10.3. The quantitative estimate of drug-likeness (QED) is 0.592. The van der Waals surface area contributed by atoms with E-state index in [0.717, 1.165) is 0 Å². The molecule has 0 spiro atoms. The Morgan fingerprint density at radius 3 is 2.61 bits per heavy atom. The summed E-state index contributed by atoms with van der Waals surface area (Å²) in [7, 11) is 1.39. The van der Waals surface area contributed by atoms with E-state index in [0.29, 0.717) is 23.3 Å². The van der Waals surface area contributed by atoms with E-state index in [-0.39, 0.29) is 24.1 Å². The van der Waals surface area contributed by atoms with Crippen LogP contribution in [0.15, 0.2) is 18.2 Å². The van der Waals surface area contributed by atoms with Gasteiger partial charge in [0, 0.05) is 11.3 Å². The van der Waals surface area contributed by atoms with Crippen molar-refractivity contribution in [1.82, 2.24) is 0 Å². The lowest BCUT2D eigenvalue weighted by Crippen LogP contribution is -2.08. The van der Waals surface area contributed by atoms with Crippen molar-refractivity contribution in [3.8, 4) is 11.5 Å². The van der Waals surface area contributed by atoms with Gasteiger partial charge >= 0.3 is 5.51 Å². The molecule has 1 aromatic carbocycles. The molecule has 1 aromatic rings. The maximum absolute atomic E-state index is 11.9. The Hall–Kier alpha value is -1.37. The van der Waals surface area contributed by atoms with Crippen molar-refractivity contribution in [1.29, 1.82) is 0 Å². The molecule has 0 aliphatic heterocycles. The summed E-state index contributed by atoms with van der Waals surface area (Å²) in [5.74, 6) is 0.421. The van der Waals surface area contributed by atoms with Crippen LogP contribution >= 0.6 is 11.8 Å². The van der Waals surface area contributed by atoms with Crippen LogP contribution in [0, 0.1) is 0 Å². The molecule has 0 bridgehead atoms. The summed E-state index contributed by atoms with van der Waals surface area (Å²) in [5, 5.41) is 0. The average Bonchev–Trinajstić information content (AvgIpc) is 2.33. The molecule has 0 N–H and O–H groups in total. The van der Waals surface area contributed by atoms with Crippen LogP contribution in [-0.2, 0) is 0 Å². The molecule has 0 aliphatic rings. The first-order chi connectivity index (χ1) is 8.46. The van der Waals surface area contributed by atoms with Crippen LogP contribution in [0.4, 0.5) is 13.2 Å². The van der Waals surface area contributed by atoms with E-state index in [1.54, 1.807) is 0 Å². The van der Waals surface area contributed by atoms with E-state index in [2.05, 4.69) is 0 Å². The number of benzene rings is 1. The monoisotopic (exact) mass is 280 g/mol. The fourth-order valence-corrected chi connectivity index (χ4v) is 1.58. The topological polar surface area (TPSA) is 35.5 Å². The molecule has 18 heavy (non-hydrogen) atoms. The third-order valence-corrected chi connectivity index (χ3v) is 2.63. The van der Waals surface area contributed by atoms with Crippen molar-refractivity contribution < 1.29 is 27.4 Å². The van der Waals surface area contributed by atoms with Crippen LogP contribution in [0.2, 0.25) is 0 Å². The van der Waals surface area contributed by atoms with Crippen molar-refractivity contribution in [2.75, 3.05) is 19.5 Å². The van der Waals surface area contributed by atoms with Gasteiger partial charge in [-0.2, -0.15) is 13.2 Å². The van der Waals surface area contributed by atoms with E-state index >= 15 is 0 Å². The fraction of sp³-hybridized carbons (Fsp3) is 0.364. The summed E-state index contributed by atoms with van der Waals surface area (Å²) >= 11 is -0.148. The second kappa shape index (κ2) is 6.53. The molecular formula is C11H11F3O3S. The van der Waals surface area contributed by atoms with Gasteiger partial charge in [-0.05, 0) is 30.0 Å². The lowest BCUT2D eigenvalue weighted by Gasteiger charge is -2.11. The summed E-state index contributed by atoms with van der Waals surface area (Å²) in [6.45, 7) is -0.0963. The molecule has 7 heteroatoms. The number of thioether (sulfide) groups is 1. The Balaban J connectivity index is 2.54. The average molecular weight is 280 g/mol. The van der Waals surface area contributed by atoms with E-state index in [4.69, 9.17) is 9.47 Å². The number of hydrogen-bond acceptors (Lipinski definition) is 4. The van der Waals surface area contributed by atoms with Crippen molar-refractivity contribution in [2.45, 2.75) is 5.51 Å². The smallest absolute Gasteiger partial charge is 0.441 e. The van der Waals surface area contributed by atoms with E-state index in [1.165, 1.54) is 25.3 Å². The van der Waals surface area contributed by atoms with Gasteiger partial charge in [0.05, 0.1) is 13.7 Å². The molecule has 0 aromatic heterocycles. The summed E-state index contributed by atoms with van der Waals surface area (Å²) in [6, 6.07) is 4.45. The van der Waals surface area contributed by atoms with Crippen molar-refractivity contribution in [3.63, 3.8) is 0 Å². The Bertz CT molecular complexity index is 407. The number of ether oxygens (including phenoxy) is 2. The first-order valence-electron chi connectivity index (χ1n) is 4.93. The van der Waals surface area contributed by atoms with Gasteiger partial charge in [0.25, 0.3) is 0 Å². The van der Waals surface area contributed by atoms with Crippen LogP contribution in [-0.4, -0.2) is 31.3 Å². The Morgan fingerprint density at radius 1 is 1.33 bits per heavy atom. The predicted molar refractivity (Wildman–Crippen MR) is 62.4 cm³/mol. The number of methoxy groups -OCH3 is 1. The van der Waals surface area contributed by atoms with Crippen LogP contribution < -0.4 is 9.47 Å². The Kier molecular flexibility index (Phi) is 5.33. The van der Waals surface area contributed by atoms with Gasteiger partial charge in [-0.3, -0.25) is 4.79 Å². The molecule has 3 nitrogen and oxygen atoms in total. The number of alkyl halides is 3. The standard InChI is InChI=1S/C11H11F3O3S/c1-16-10-6-8(7-15)2-3-9(10)17-4-5-18-11(12,13)14/h2-3,6-7H,4-5H2,1H3. The summed E-state index contributed by atoms with van der Waals surface area (Å²) < 4.78 is 45.7. The number of rotatable bonds is 6. The second-order valence-corrected chi connectivity index (χ2v) is 4.33. The highest BCUT2D eigenvalue weighted by Gasteiger charge is 2.27. The van der Waals surface area contributed by atoms with Gasteiger partial charge in [-0.15, -0.1) is 0 Å². The molecule has 0 unspecified atom stereocenters. The molecule has 1 rings (SSSR count). The molecule has 100 valence electrons. The van der Waals surface area contributed by atoms with Crippen LogP contribution in [0.3, 0.4) is 0 Å². The molecule has 0 atom stereocenters. The third-order valence-electron chi connectivity index (χ3n) is 1.93. The van der Waals surface area contributed by atoms with Gasteiger partial charge in [-0.1, -0.05) is 0 Å². The van der Waals surface area contributed by atoms with Crippen molar-refractivity contribution >= 4 is 18.0 Å². The minimum Gasteiger partial charge on any atom is -0.493 e. The maximum Gasteiger partial charge on any atom is 0.441 e. The minimum absolute atomic E-state index is 0.0963.